The van der Waals surface area contributed by atoms with Crippen LogP contribution in [0.25, 0.3) is 0 Å². The summed E-state index contributed by atoms with van der Waals surface area (Å²) in [6, 6.07) is 4.56. The molecule has 2 heterocycles. The number of anilines is 1. The highest BCUT2D eigenvalue weighted by Gasteiger charge is 2.20. The number of amides is 1. The zero-order valence-corrected chi connectivity index (χ0v) is 16.3. The van der Waals surface area contributed by atoms with Gasteiger partial charge in [-0.25, -0.2) is 9.37 Å². The smallest absolute Gasteiger partial charge is 0.256 e. The summed E-state index contributed by atoms with van der Waals surface area (Å²) >= 11 is 1.17. The fraction of sp³-hybridized carbons (Fsp3) is 0.421. The van der Waals surface area contributed by atoms with Crippen LogP contribution < -0.4 is 10.9 Å². The first kappa shape index (κ1) is 19.6. The molecule has 0 fully saturated rings. The van der Waals surface area contributed by atoms with Crippen molar-refractivity contribution >= 4 is 23.4 Å². The van der Waals surface area contributed by atoms with Crippen molar-refractivity contribution in [2.75, 3.05) is 24.2 Å². The summed E-state index contributed by atoms with van der Waals surface area (Å²) in [6.45, 7) is 6.26. The number of nitrogens with one attached hydrogen (secondary N) is 2. The molecule has 8 heteroatoms. The minimum atomic E-state index is -0.363. The number of hydrogen-bond donors (Lipinski definition) is 2. The molecule has 3 rings (SSSR count). The van der Waals surface area contributed by atoms with E-state index >= 15 is 0 Å². The molecule has 27 heavy (non-hydrogen) atoms. The lowest BCUT2D eigenvalue weighted by Crippen LogP contribution is -2.36. The van der Waals surface area contributed by atoms with E-state index in [2.05, 4.69) is 27.1 Å². The maximum absolute atomic E-state index is 13.6. The Morgan fingerprint density at radius 3 is 3.00 bits per heavy atom. The molecule has 1 aromatic heterocycles. The van der Waals surface area contributed by atoms with E-state index in [-0.39, 0.29) is 23.0 Å². The van der Waals surface area contributed by atoms with Gasteiger partial charge in [0.15, 0.2) is 5.16 Å². The van der Waals surface area contributed by atoms with Gasteiger partial charge in [-0.2, -0.15) is 0 Å². The summed E-state index contributed by atoms with van der Waals surface area (Å²) in [5.41, 5.74) is 2.33. The zero-order chi connectivity index (χ0) is 19.4. The van der Waals surface area contributed by atoms with Gasteiger partial charge in [0.1, 0.15) is 5.82 Å². The molecule has 2 aromatic rings. The maximum atomic E-state index is 13.6. The second-order valence-corrected chi connectivity index (χ2v) is 7.59. The van der Waals surface area contributed by atoms with E-state index in [1.54, 1.807) is 19.1 Å². The monoisotopic (exact) mass is 390 g/mol. The third kappa shape index (κ3) is 4.95. The lowest BCUT2D eigenvalue weighted by molar-refractivity contribution is -0.113. The Kier molecular flexibility index (Phi) is 6.28. The molecule has 0 saturated heterocycles. The van der Waals surface area contributed by atoms with Crippen LogP contribution in [0.3, 0.4) is 0 Å². The van der Waals surface area contributed by atoms with Gasteiger partial charge in [-0.1, -0.05) is 24.8 Å². The molecule has 6 nitrogen and oxygen atoms in total. The summed E-state index contributed by atoms with van der Waals surface area (Å²) in [7, 11) is 0. The van der Waals surface area contributed by atoms with Crippen LogP contribution in [0.5, 0.6) is 0 Å². The quantitative estimate of drug-likeness (QED) is 0.586. The molecule has 2 N–H and O–H groups in total. The molecular formula is C19H23FN4O2S. The molecule has 1 amide bonds. The van der Waals surface area contributed by atoms with Crippen molar-refractivity contribution in [2.24, 2.45) is 0 Å². The van der Waals surface area contributed by atoms with E-state index in [0.717, 1.165) is 37.2 Å². The lowest BCUT2D eigenvalue weighted by Gasteiger charge is -2.27. The summed E-state index contributed by atoms with van der Waals surface area (Å²) in [5.74, 6) is -0.560. The molecule has 0 saturated carbocycles. The predicted molar refractivity (Wildman–Crippen MR) is 105 cm³/mol. The van der Waals surface area contributed by atoms with Crippen LogP contribution in [0.2, 0.25) is 0 Å². The highest BCUT2D eigenvalue weighted by molar-refractivity contribution is 7.99. The fourth-order valence-corrected chi connectivity index (χ4v) is 3.71. The molecule has 1 aliphatic rings. The van der Waals surface area contributed by atoms with Crippen LogP contribution in [0.1, 0.15) is 30.2 Å². The van der Waals surface area contributed by atoms with Crippen LogP contribution in [0.4, 0.5) is 10.1 Å². The van der Waals surface area contributed by atoms with Crippen molar-refractivity contribution in [2.45, 2.75) is 38.4 Å². The van der Waals surface area contributed by atoms with Crippen molar-refractivity contribution in [3.63, 3.8) is 0 Å². The van der Waals surface area contributed by atoms with Gasteiger partial charge < -0.3 is 10.3 Å². The minimum absolute atomic E-state index is 0.0825. The molecular weight excluding hydrogens is 367 g/mol. The van der Waals surface area contributed by atoms with E-state index in [9.17, 15) is 14.0 Å². The second-order valence-electron chi connectivity index (χ2n) is 6.62. The van der Waals surface area contributed by atoms with Gasteiger partial charge in [-0.3, -0.25) is 14.5 Å². The van der Waals surface area contributed by atoms with Crippen molar-refractivity contribution in [1.29, 1.82) is 0 Å². The van der Waals surface area contributed by atoms with Crippen molar-refractivity contribution in [3.05, 3.63) is 51.2 Å². The third-order valence-corrected chi connectivity index (χ3v) is 5.33. The molecule has 0 unspecified atom stereocenters. The molecule has 0 atom stereocenters. The number of hydrogen-bond acceptors (Lipinski definition) is 5. The average molecular weight is 390 g/mol. The minimum Gasteiger partial charge on any atom is -0.325 e. The Balaban J connectivity index is 1.61. The Morgan fingerprint density at radius 2 is 2.26 bits per heavy atom. The van der Waals surface area contributed by atoms with Gasteiger partial charge in [0.05, 0.1) is 17.0 Å². The summed E-state index contributed by atoms with van der Waals surface area (Å²) in [5, 5.41) is 3.09. The summed E-state index contributed by atoms with van der Waals surface area (Å²) < 4.78 is 13.6. The first-order valence-electron chi connectivity index (χ1n) is 8.99. The number of rotatable bonds is 6. The molecule has 144 valence electrons. The number of nitrogens with zero attached hydrogens (tertiary/aromatic N) is 2. The standard InChI is InChI=1S/C19H23FN4O2S/c1-3-7-24-8-6-16-14(10-24)18(26)23-19(22-16)27-11-17(25)21-13-5-4-12(2)15(20)9-13/h4-5,9H,3,6-8,10-11H2,1-2H3,(H,21,25)(H,22,23,26). The van der Waals surface area contributed by atoms with Crippen molar-refractivity contribution in [3.8, 4) is 0 Å². The molecule has 0 radical (unpaired) electrons. The number of carbonyl (C=O) groups excluding carboxylic acids is 1. The van der Waals surface area contributed by atoms with Crippen LogP contribution in [0, 0.1) is 12.7 Å². The molecule has 1 aliphatic heterocycles. The fourth-order valence-electron chi connectivity index (χ4n) is 3.04. The number of H-pyrrole nitrogens is 1. The van der Waals surface area contributed by atoms with Gasteiger partial charge in [0, 0.05) is 25.2 Å². The normalized spacial score (nSPS) is 14.0. The van der Waals surface area contributed by atoms with Crippen LogP contribution in [-0.4, -0.2) is 39.6 Å². The number of fused-ring (bicyclic) bond motifs is 1. The van der Waals surface area contributed by atoms with Gasteiger partial charge in [-0.15, -0.1) is 0 Å². The van der Waals surface area contributed by atoms with E-state index in [1.807, 2.05) is 0 Å². The SMILES string of the molecule is CCCN1CCc2nc(SCC(=O)Nc3ccc(C)c(F)c3)[nH]c(=O)c2C1. The molecule has 0 spiro atoms. The highest BCUT2D eigenvalue weighted by atomic mass is 32.2. The molecule has 0 aliphatic carbocycles. The first-order valence-corrected chi connectivity index (χ1v) is 9.98. The van der Waals surface area contributed by atoms with E-state index < -0.39 is 0 Å². The van der Waals surface area contributed by atoms with E-state index in [4.69, 9.17) is 0 Å². The maximum Gasteiger partial charge on any atom is 0.256 e. The molecule has 0 bridgehead atoms. The average Bonchev–Trinajstić information content (AvgIpc) is 2.64. The topological polar surface area (TPSA) is 78.1 Å². The van der Waals surface area contributed by atoms with E-state index in [1.165, 1.54) is 17.8 Å². The number of aromatic nitrogens is 2. The van der Waals surface area contributed by atoms with Crippen molar-refractivity contribution in [1.82, 2.24) is 14.9 Å². The molecule has 1 aromatic carbocycles. The number of benzene rings is 1. The largest absolute Gasteiger partial charge is 0.325 e. The first-order chi connectivity index (χ1) is 13.0. The highest BCUT2D eigenvalue weighted by Crippen LogP contribution is 2.19. The van der Waals surface area contributed by atoms with Crippen LogP contribution in [-0.2, 0) is 17.8 Å². The second kappa shape index (κ2) is 8.67. The Bertz CT molecular complexity index is 900. The number of carbonyl (C=O) groups is 1. The Hall–Kier alpha value is -2.19. The summed E-state index contributed by atoms with van der Waals surface area (Å²) in [6.07, 6.45) is 1.79. The number of aromatic amines is 1. The Morgan fingerprint density at radius 1 is 1.44 bits per heavy atom. The van der Waals surface area contributed by atoms with Crippen LogP contribution >= 0.6 is 11.8 Å². The number of aryl methyl sites for hydroxylation is 1. The van der Waals surface area contributed by atoms with Crippen LogP contribution in [0.15, 0.2) is 28.2 Å². The van der Waals surface area contributed by atoms with Gasteiger partial charge in [-0.05, 0) is 37.6 Å². The lowest BCUT2D eigenvalue weighted by atomic mass is 10.1. The predicted octanol–water partition coefficient (Wildman–Crippen LogP) is 2.72. The third-order valence-electron chi connectivity index (χ3n) is 4.46. The summed E-state index contributed by atoms with van der Waals surface area (Å²) in [4.78, 5) is 34.0. The van der Waals surface area contributed by atoms with E-state index in [0.29, 0.717) is 23.0 Å². The van der Waals surface area contributed by atoms with Gasteiger partial charge in [0.2, 0.25) is 5.91 Å². The zero-order valence-electron chi connectivity index (χ0n) is 15.5. The van der Waals surface area contributed by atoms with Crippen molar-refractivity contribution < 1.29 is 9.18 Å². The van der Waals surface area contributed by atoms with Gasteiger partial charge in [0.25, 0.3) is 5.56 Å². The number of thioether (sulfide) groups is 1. The Labute approximate surface area is 161 Å². The van der Waals surface area contributed by atoms with Gasteiger partial charge >= 0.3 is 0 Å². The number of halogens is 1.